The van der Waals surface area contributed by atoms with Gasteiger partial charge in [-0.25, -0.2) is 8.78 Å². The van der Waals surface area contributed by atoms with E-state index >= 15 is 0 Å². The van der Waals surface area contributed by atoms with E-state index in [9.17, 15) is 13.6 Å². The standard InChI is InChI=1S/C26H30F2N2O2/c1-3-15-29(18-23-24(27)10-7-11-25(23)28)19-26(31)30(17-22-13-12-20(2)32-22)16-14-21-8-5-4-6-9-21/h4-13H,3,14-19H2,1-2H3. The number of hydrogen-bond donors (Lipinski definition) is 0. The molecule has 0 aliphatic carbocycles. The van der Waals surface area contributed by atoms with Gasteiger partial charge in [0.05, 0.1) is 13.1 Å². The van der Waals surface area contributed by atoms with Gasteiger partial charge in [0.2, 0.25) is 5.91 Å². The van der Waals surface area contributed by atoms with Crippen LogP contribution in [0.15, 0.2) is 65.1 Å². The van der Waals surface area contributed by atoms with Crippen LogP contribution in [0, 0.1) is 18.6 Å². The van der Waals surface area contributed by atoms with Gasteiger partial charge in [0.1, 0.15) is 23.2 Å². The Balaban J connectivity index is 1.73. The zero-order chi connectivity index (χ0) is 22.9. The Morgan fingerprint density at radius 2 is 1.62 bits per heavy atom. The topological polar surface area (TPSA) is 36.7 Å². The van der Waals surface area contributed by atoms with Gasteiger partial charge in [-0.15, -0.1) is 0 Å². The molecule has 0 spiro atoms. The van der Waals surface area contributed by atoms with E-state index in [0.29, 0.717) is 31.8 Å². The second-order valence-electron chi connectivity index (χ2n) is 7.97. The van der Waals surface area contributed by atoms with E-state index in [0.717, 1.165) is 17.7 Å². The summed E-state index contributed by atoms with van der Waals surface area (Å²) in [5.74, 6) is 0.223. The molecular weight excluding hydrogens is 410 g/mol. The van der Waals surface area contributed by atoms with Crippen LogP contribution in [0.2, 0.25) is 0 Å². The van der Waals surface area contributed by atoms with Gasteiger partial charge in [0, 0.05) is 18.7 Å². The van der Waals surface area contributed by atoms with Crippen molar-refractivity contribution in [2.24, 2.45) is 0 Å². The molecule has 0 fully saturated rings. The SMILES string of the molecule is CCCN(CC(=O)N(CCc1ccccc1)Cc1ccc(C)o1)Cc1c(F)cccc1F. The van der Waals surface area contributed by atoms with Gasteiger partial charge in [0.25, 0.3) is 0 Å². The van der Waals surface area contributed by atoms with Gasteiger partial charge in [-0.05, 0) is 56.1 Å². The normalized spacial score (nSPS) is 11.2. The third-order valence-corrected chi connectivity index (χ3v) is 5.35. The summed E-state index contributed by atoms with van der Waals surface area (Å²) in [6.45, 7) is 5.41. The minimum atomic E-state index is -0.592. The fraction of sp³-hybridized carbons (Fsp3) is 0.346. The average molecular weight is 441 g/mol. The number of rotatable bonds is 11. The highest BCUT2D eigenvalue weighted by atomic mass is 19.1. The molecular formula is C26H30F2N2O2. The first-order valence-corrected chi connectivity index (χ1v) is 11.0. The van der Waals surface area contributed by atoms with E-state index in [-0.39, 0.29) is 24.6 Å². The Bertz CT molecular complexity index is 984. The summed E-state index contributed by atoms with van der Waals surface area (Å²) in [6.07, 6.45) is 1.48. The van der Waals surface area contributed by atoms with Crippen molar-refractivity contribution in [3.63, 3.8) is 0 Å². The molecule has 2 aromatic carbocycles. The maximum Gasteiger partial charge on any atom is 0.237 e. The van der Waals surface area contributed by atoms with Crippen LogP contribution in [0.3, 0.4) is 0 Å². The van der Waals surface area contributed by atoms with Crippen LogP contribution in [0.4, 0.5) is 8.78 Å². The zero-order valence-electron chi connectivity index (χ0n) is 18.7. The van der Waals surface area contributed by atoms with E-state index in [2.05, 4.69) is 0 Å². The fourth-order valence-corrected chi connectivity index (χ4v) is 3.69. The Labute approximate surface area is 188 Å². The maximum absolute atomic E-state index is 14.2. The van der Waals surface area contributed by atoms with Crippen molar-refractivity contribution in [3.05, 3.63) is 94.9 Å². The smallest absolute Gasteiger partial charge is 0.237 e. The Morgan fingerprint density at radius 3 is 2.25 bits per heavy atom. The van der Waals surface area contributed by atoms with Crippen molar-refractivity contribution < 1.29 is 18.0 Å². The summed E-state index contributed by atoms with van der Waals surface area (Å²) in [6, 6.07) is 17.6. The summed E-state index contributed by atoms with van der Waals surface area (Å²) in [4.78, 5) is 16.8. The van der Waals surface area contributed by atoms with E-state index in [4.69, 9.17) is 4.42 Å². The fourth-order valence-electron chi connectivity index (χ4n) is 3.69. The molecule has 0 atom stereocenters. The van der Waals surface area contributed by atoms with E-state index < -0.39 is 11.6 Å². The van der Waals surface area contributed by atoms with Gasteiger partial charge >= 0.3 is 0 Å². The molecule has 0 bridgehead atoms. The van der Waals surface area contributed by atoms with Crippen LogP contribution < -0.4 is 0 Å². The van der Waals surface area contributed by atoms with Gasteiger partial charge in [0.15, 0.2) is 0 Å². The summed E-state index contributed by atoms with van der Waals surface area (Å²) < 4.78 is 34.0. The summed E-state index contributed by atoms with van der Waals surface area (Å²) >= 11 is 0. The van der Waals surface area contributed by atoms with Crippen molar-refractivity contribution in [3.8, 4) is 0 Å². The van der Waals surface area contributed by atoms with Crippen LogP contribution in [0.1, 0.15) is 36.0 Å². The highest BCUT2D eigenvalue weighted by Gasteiger charge is 2.21. The molecule has 0 radical (unpaired) electrons. The van der Waals surface area contributed by atoms with Gasteiger partial charge in [-0.3, -0.25) is 9.69 Å². The lowest BCUT2D eigenvalue weighted by molar-refractivity contribution is -0.133. The second-order valence-corrected chi connectivity index (χ2v) is 7.97. The molecule has 0 aliphatic rings. The molecule has 0 saturated carbocycles. The molecule has 3 aromatic rings. The van der Waals surface area contributed by atoms with Crippen molar-refractivity contribution in [2.75, 3.05) is 19.6 Å². The third-order valence-electron chi connectivity index (χ3n) is 5.35. The van der Waals surface area contributed by atoms with Crippen molar-refractivity contribution in [1.82, 2.24) is 9.80 Å². The minimum Gasteiger partial charge on any atom is -0.464 e. The lowest BCUT2D eigenvalue weighted by atomic mass is 10.1. The van der Waals surface area contributed by atoms with Crippen molar-refractivity contribution in [2.45, 2.75) is 39.8 Å². The first kappa shape index (κ1) is 23.7. The molecule has 4 nitrogen and oxygen atoms in total. The molecule has 0 saturated heterocycles. The predicted octanol–water partition coefficient (Wildman–Crippen LogP) is 5.35. The van der Waals surface area contributed by atoms with Crippen LogP contribution in [0.25, 0.3) is 0 Å². The summed E-state index contributed by atoms with van der Waals surface area (Å²) in [7, 11) is 0. The lowest BCUT2D eigenvalue weighted by Crippen LogP contribution is -2.41. The Kier molecular flexibility index (Phi) is 8.56. The van der Waals surface area contributed by atoms with Crippen LogP contribution in [0.5, 0.6) is 0 Å². The molecule has 1 amide bonds. The zero-order valence-corrected chi connectivity index (χ0v) is 18.7. The number of halogens is 2. The summed E-state index contributed by atoms with van der Waals surface area (Å²) in [5, 5.41) is 0. The Hall–Kier alpha value is -2.99. The minimum absolute atomic E-state index is 0.00811. The molecule has 0 N–H and O–H groups in total. The number of furan rings is 1. The number of aryl methyl sites for hydroxylation is 1. The number of benzene rings is 2. The van der Waals surface area contributed by atoms with E-state index in [1.807, 2.05) is 56.3 Å². The van der Waals surface area contributed by atoms with Crippen LogP contribution in [-0.2, 0) is 24.3 Å². The lowest BCUT2D eigenvalue weighted by Gasteiger charge is -2.27. The number of nitrogens with zero attached hydrogens (tertiary/aromatic N) is 2. The van der Waals surface area contributed by atoms with E-state index in [1.165, 1.54) is 18.2 Å². The van der Waals surface area contributed by atoms with Crippen LogP contribution in [-0.4, -0.2) is 35.3 Å². The number of hydrogen-bond acceptors (Lipinski definition) is 3. The number of carbonyl (C=O) groups excluding carboxylic acids is 1. The van der Waals surface area contributed by atoms with Crippen molar-refractivity contribution in [1.29, 1.82) is 0 Å². The molecule has 32 heavy (non-hydrogen) atoms. The monoisotopic (exact) mass is 440 g/mol. The highest BCUT2D eigenvalue weighted by molar-refractivity contribution is 5.78. The largest absolute Gasteiger partial charge is 0.464 e. The van der Waals surface area contributed by atoms with Crippen molar-refractivity contribution >= 4 is 5.91 Å². The predicted molar refractivity (Wildman–Crippen MR) is 121 cm³/mol. The second kappa shape index (κ2) is 11.6. The number of amides is 1. The molecule has 0 aliphatic heterocycles. The highest BCUT2D eigenvalue weighted by Crippen LogP contribution is 2.16. The first-order valence-electron chi connectivity index (χ1n) is 11.0. The number of carbonyl (C=O) groups is 1. The molecule has 1 heterocycles. The van der Waals surface area contributed by atoms with Gasteiger partial charge in [-0.1, -0.05) is 43.3 Å². The molecule has 1 aromatic heterocycles. The first-order chi connectivity index (χ1) is 15.5. The Morgan fingerprint density at radius 1 is 0.906 bits per heavy atom. The molecule has 6 heteroatoms. The van der Waals surface area contributed by atoms with Crippen LogP contribution >= 0.6 is 0 Å². The van der Waals surface area contributed by atoms with Gasteiger partial charge in [-0.2, -0.15) is 0 Å². The third kappa shape index (κ3) is 6.76. The maximum atomic E-state index is 14.2. The average Bonchev–Trinajstić information content (AvgIpc) is 3.19. The van der Waals surface area contributed by atoms with Gasteiger partial charge < -0.3 is 9.32 Å². The molecule has 0 unspecified atom stereocenters. The molecule has 3 rings (SSSR count). The quantitative estimate of drug-likeness (QED) is 0.403. The van der Waals surface area contributed by atoms with E-state index in [1.54, 1.807) is 9.80 Å². The summed E-state index contributed by atoms with van der Waals surface area (Å²) in [5.41, 5.74) is 1.13. The molecule has 170 valence electrons.